The number of hydrogen-bond acceptors (Lipinski definition) is 4. The fourth-order valence-electron chi connectivity index (χ4n) is 5.80. The van der Waals surface area contributed by atoms with Crippen molar-refractivity contribution in [1.29, 1.82) is 0 Å². The third-order valence-corrected chi connectivity index (χ3v) is 8.31. The van der Waals surface area contributed by atoms with Crippen LogP contribution in [0.1, 0.15) is 93.1 Å². The fourth-order valence-corrected chi connectivity index (χ4v) is 5.80. The van der Waals surface area contributed by atoms with Crippen molar-refractivity contribution >= 4 is 17.7 Å². The minimum Gasteiger partial charge on any atom is -0.507 e. The van der Waals surface area contributed by atoms with E-state index < -0.39 is 12.1 Å². The Morgan fingerprint density at radius 2 is 1.59 bits per heavy atom. The molecule has 39 heavy (non-hydrogen) atoms. The quantitative estimate of drug-likeness (QED) is 0.280. The number of carbonyl (C=O) groups is 1. The van der Waals surface area contributed by atoms with Crippen LogP contribution in [0.2, 0.25) is 0 Å². The number of aromatic hydroxyl groups is 1. The number of benzene rings is 3. The van der Waals surface area contributed by atoms with Crippen molar-refractivity contribution in [2.45, 2.75) is 71.3 Å². The van der Waals surface area contributed by atoms with Crippen molar-refractivity contribution in [2.24, 2.45) is 0 Å². The number of aromatic carboxylic acids is 1. The van der Waals surface area contributed by atoms with Crippen molar-refractivity contribution in [3.63, 3.8) is 0 Å². The number of aliphatic hydroxyl groups excluding tert-OH is 1. The number of phenols is 1. The van der Waals surface area contributed by atoms with Gasteiger partial charge in [0.15, 0.2) is 0 Å². The van der Waals surface area contributed by atoms with Gasteiger partial charge < -0.3 is 20.2 Å². The van der Waals surface area contributed by atoms with E-state index in [0.717, 1.165) is 42.6 Å². The summed E-state index contributed by atoms with van der Waals surface area (Å²) in [6.07, 6.45) is 4.69. The Morgan fingerprint density at radius 1 is 0.949 bits per heavy atom. The second kappa shape index (κ2) is 10.9. The lowest BCUT2D eigenvalue weighted by molar-refractivity contribution is 0.0693. The van der Waals surface area contributed by atoms with Crippen molar-refractivity contribution < 1.29 is 20.1 Å². The van der Waals surface area contributed by atoms with Crippen LogP contribution >= 0.6 is 0 Å². The van der Waals surface area contributed by atoms with Crippen LogP contribution in [0.25, 0.3) is 17.2 Å². The summed E-state index contributed by atoms with van der Waals surface area (Å²) >= 11 is 0. The SMILES string of the molecule is CCN(CC)c1ccc(-c2cc(C(O)/C=C/c3ccc(C(=O)O)c(O)c3)cc3c2C(C)(C)CCC3(C)C)cc1. The van der Waals surface area contributed by atoms with Crippen molar-refractivity contribution in [3.05, 3.63) is 88.5 Å². The van der Waals surface area contributed by atoms with Crippen LogP contribution in [-0.4, -0.2) is 34.4 Å². The number of aliphatic hydroxyl groups is 1. The number of fused-ring (bicyclic) bond motifs is 1. The molecule has 1 unspecified atom stereocenters. The minimum absolute atomic E-state index is 0.000462. The molecule has 1 aliphatic rings. The van der Waals surface area contributed by atoms with E-state index in [9.17, 15) is 15.0 Å². The molecule has 3 aromatic rings. The van der Waals surface area contributed by atoms with Gasteiger partial charge in [0, 0.05) is 18.8 Å². The molecular formula is C34H41NO4. The van der Waals surface area contributed by atoms with Gasteiger partial charge in [0.2, 0.25) is 0 Å². The third-order valence-electron chi connectivity index (χ3n) is 8.31. The predicted molar refractivity (Wildman–Crippen MR) is 160 cm³/mol. The molecule has 0 fully saturated rings. The van der Waals surface area contributed by atoms with E-state index in [2.05, 4.69) is 82.8 Å². The normalized spacial score (nSPS) is 16.6. The van der Waals surface area contributed by atoms with Gasteiger partial charge in [-0.05, 0) is 101 Å². The Morgan fingerprint density at radius 3 is 2.18 bits per heavy atom. The van der Waals surface area contributed by atoms with E-state index in [1.807, 2.05) is 0 Å². The number of carboxylic acids is 1. The highest BCUT2D eigenvalue weighted by atomic mass is 16.4. The summed E-state index contributed by atoms with van der Waals surface area (Å²) in [5.74, 6) is -1.48. The van der Waals surface area contributed by atoms with Gasteiger partial charge in [0.25, 0.3) is 0 Å². The lowest BCUT2D eigenvalue weighted by atomic mass is 9.61. The molecule has 0 radical (unpaired) electrons. The van der Waals surface area contributed by atoms with E-state index in [1.54, 1.807) is 18.2 Å². The Kier molecular flexibility index (Phi) is 7.94. The molecule has 0 saturated carbocycles. The van der Waals surface area contributed by atoms with Crippen LogP contribution in [0.15, 0.2) is 60.7 Å². The molecular weight excluding hydrogens is 486 g/mol. The summed E-state index contributed by atoms with van der Waals surface area (Å²) in [4.78, 5) is 13.5. The molecule has 0 saturated heterocycles. The average Bonchev–Trinajstić information content (AvgIpc) is 2.90. The second-order valence-corrected chi connectivity index (χ2v) is 11.9. The van der Waals surface area contributed by atoms with Crippen LogP contribution in [0.3, 0.4) is 0 Å². The van der Waals surface area contributed by atoms with Crippen molar-refractivity contribution in [2.75, 3.05) is 18.0 Å². The van der Waals surface area contributed by atoms with E-state index in [-0.39, 0.29) is 22.1 Å². The largest absolute Gasteiger partial charge is 0.507 e. The number of anilines is 1. The maximum atomic E-state index is 11.3. The smallest absolute Gasteiger partial charge is 0.339 e. The van der Waals surface area contributed by atoms with Gasteiger partial charge in [-0.1, -0.05) is 64.1 Å². The predicted octanol–water partition coefficient (Wildman–Crippen LogP) is 7.70. The summed E-state index contributed by atoms with van der Waals surface area (Å²) in [6.45, 7) is 15.4. The number of rotatable bonds is 8. The highest BCUT2D eigenvalue weighted by molar-refractivity contribution is 5.91. The van der Waals surface area contributed by atoms with Gasteiger partial charge in [0.1, 0.15) is 11.3 Å². The average molecular weight is 528 g/mol. The first-order chi connectivity index (χ1) is 18.4. The van der Waals surface area contributed by atoms with Crippen LogP contribution in [0, 0.1) is 0 Å². The van der Waals surface area contributed by atoms with E-state index in [4.69, 9.17) is 5.11 Å². The zero-order valence-electron chi connectivity index (χ0n) is 24.0. The van der Waals surface area contributed by atoms with Crippen molar-refractivity contribution in [3.8, 4) is 16.9 Å². The molecule has 0 spiro atoms. The summed E-state index contributed by atoms with van der Waals surface area (Å²) in [6, 6.07) is 17.4. The molecule has 4 rings (SSSR count). The Labute approximate surface area is 232 Å². The van der Waals surface area contributed by atoms with Crippen molar-refractivity contribution in [1.82, 2.24) is 0 Å². The fraction of sp³-hybridized carbons (Fsp3) is 0.382. The number of hydrogen-bond donors (Lipinski definition) is 3. The molecule has 5 nitrogen and oxygen atoms in total. The topological polar surface area (TPSA) is 81.0 Å². The van der Waals surface area contributed by atoms with Gasteiger partial charge in [0.05, 0.1) is 6.10 Å². The molecule has 0 aliphatic heterocycles. The molecule has 1 atom stereocenters. The molecule has 1 aliphatic carbocycles. The first-order valence-electron chi connectivity index (χ1n) is 13.8. The maximum Gasteiger partial charge on any atom is 0.339 e. The van der Waals surface area contributed by atoms with Gasteiger partial charge in [-0.3, -0.25) is 0 Å². The van der Waals surface area contributed by atoms with Gasteiger partial charge in [-0.25, -0.2) is 4.79 Å². The molecule has 0 aromatic heterocycles. The highest BCUT2D eigenvalue weighted by Crippen LogP contribution is 2.50. The first kappa shape index (κ1) is 28.4. The molecule has 5 heteroatoms. The van der Waals surface area contributed by atoms with Gasteiger partial charge in [-0.15, -0.1) is 0 Å². The highest BCUT2D eigenvalue weighted by Gasteiger charge is 2.39. The molecule has 3 aromatic carbocycles. The van der Waals surface area contributed by atoms with E-state index >= 15 is 0 Å². The second-order valence-electron chi connectivity index (χ2n) is 11.9. The standard InChI is InChI=1S/C34H41NO4/c1-7-35(8-2)25-13-11-23(12-14-25)27-20-24(21-28-31(27)34(5,6)18-17-33(28,3)4)29(36)16-10-22-9-15-26(32(38)39)30(37)19-22/h9-16,19-21,29,36-37H,7-8,17-18H2,1-6H3,(H,38,39)/b16-10+. The summed E-state index contributed by atoms with van der Waals surface area (Å²) in [5.41, 5.74) is 7.37. The first-order valence-corrected chi connectivity index (χ1v) is 13.8. The van der Waals surface area contributed by atoms with Crippen LogP contribution in [0.5, 0.6) is 5.75 Å². The Hall–Kier alpha value is -3.57. The van der Waals surface area contributed by atoms with Gasteiger partial charge in [-0.2, -0.15) is 0 Å². The van der Waals surface area contributed by atoms with E-state index in [0.29, 0.717) is 5.56 Å². The Bertz CT molecular complexity index is 1380. The van der Waals surface area contributed by atoms with Gasteiger partial charge >= 0.3 is 5.97 Å². The maximum absolute atomic E-state index is 11.3. The third kappa shape index (κ3) is 5.74. The van der Waals surface area contributed by atoms with Crippen LogP contribution < -0.4 is 4.90 Å². The van der Waals surface area contributed by atoms with Crippen LogP contribution in [-0.2, 0) is 10.8 Å². The Balaban J connectivity index is 1.80. The zero-order valence-corrected chi connectivity index (χ0v) is 24.0. The summed E-state index contributed by atoms with van der Waals surface area (Å²) in [5, 5.41) is 30.5. The number of nitrogens with zero attached hydrogens (tertiary/aromatic N) is 1. The molecule has 0 amide bonds. The lowest BCUT2D eigenvalue weighted by Crippen LogP contribution is -2.34. The lowest BCUT2D eigenvalue weighted by Gasteiger charge is -2.43. The van der Waals surface area contributed by atoms with E-state index in [1.165, 1.54) is 28.9 Å². The summed E-state index contributed by atoms with van der Waals surface area (Å²) in [7, 11) is 0. The zero-order chi connectivity index (χ0) is 28.5. The molecule has 3 N–H and O–H groups in total. The minimum atomic E-state index is -1.18. The monoisotopic (exact) mass is 527 g/mol. The summed E-state index contributed by atoms with van der Waals surface area (Å²) < 4.78 is 0. The molecule has 0 heterocycles. The molecule has 0 bridgehead atoms. The molecule has 206 valence electrons. The number of carboxylic acid groups (broad SMARTS) is 1. The van der Waals surface area contributed by atoms with Crippen LogP contribution in [0.4, 0.5) is 5.69 Å².